The molecule has 26 heavy (non-hydrogen) atoms. The Hall–Kier alpha value is -2.54. The van der Waals surface area contributed by atoms with Crippen molar-refractivity contribution in [3.8, 4) is 5.75 Å². The van der Waals surface area contributed by atoms with Crippen molar-refractivity contribution in [2.75, 3.05) is 6.54 Å². The van der Waals surface area contributed by atoms with Crippen molar-refractivity contribution in [1.82, 2.24) is 15.1 Å². The number of rotatable bonds is 8. The monoisotopic (exact) mass is 378 g/mol. The summed E-state index contributed by atoms with van der Waals surface area (Å²) in [5.74, 6) is -0.887. The molecule has 1 atom stereocenters. The minimum absolute atomic E-state index is 0.116. The number of primary amides is 1. The molecule has 0 spiro atoms. The Bertz CT molecular complexity index is 788. The van der Waals surface area contributed by atoms with Gasteiger partial charge >= 0.3 is 0 Å². The summed E-state index contributed by atoms with van der Waals surface area (Å²) < 4.78 is 7.38. The van der Waals surface area contributed by atoms with Gasteiger partial charge in [-0.3, -0.25) is 14.3 Å². The normalized spacial score (nSPS) is 12.5. The Kier molecular flexibility index (Phi) is 6.26. The molecule has 0 saturated heterocycles. The standard InChI is InChI=1S/C18H23ClN4O3/c1-18(2,26-15-6-4-5-14(19)8-15)17(25)21-10-13(16(20)24)7-12-9-22-23(3)11-12/h4-6,8-9,11,13H,7,10H2,1-3H3,(H2,20,24)(H,21,25). The zero-order chi connectivity index (χ0) is 19.3. The minimum atomic E-state index is -1.14. The van der Waals surface area contributed by atoms with E-state index in [2.05, 4.69) is 10.4 Å². The molecule has 1 heterocycles. The van der Waals surface area contributed by atoms with Crippen LogP contribution in [-0.2, 0) is 23.1 Å². The maximum atomic E-state index is 12.5. The van der Waals surface area contributed by atoms with E-state index in [1.165, 1.54) is 0 Å². The van der Waals surface area contributed by atoms with Crippen molar-refractivity contribution in [1.29, 1.82) is 0 Å². The number of nitrogens with zero attached hydrogens (tertiary/aromatic N) is 2. The van der Waals surface area contributed by atoms with Crippen LogP contribution in [0.3, 0.4) is 0 Å². The second-order valence-electron chi connectivity index (χ2n) is 6.61. The second kappa shape index (κ2) is 8.23. The van der Waals surface area contributed by atoms with Gasteiger partial charge < -0.3 is 15.8 Å². The van der Waals surface area contributed by atoms with Gasteiger partial charge in [0.2, 0.25) is 5.91 Å². The highest BCUT2D eigenvalue weighted by atomic mass is 35.5. The van der Waals surface area contributed by atoms with Crippen LogP contribution in [0.1, 0.15) is 19.4 Å². The van der Waals surface area contributed by atoms with Gasteiger partial charge in [0.25, 0.3) is 5.91 Å². The highest BCUT2D eigenvalue weighted by molar-refractivity contribution is 6.30. The molecule has 0 saturated carbocycles. The van der Waals surface area contributed by atoms with E-state index in [9.17, 15) is 9.59 Å². The molecule has 0 aliphatic heterocycles. The first kappa shape index (κ1) is 19.8. The summed E-state index contributed by atoms with van der Waals surface area (Å²) >= 11 is 5.93. The first-order valence-corrected chi connectivity index (χ1v) is 8.55. The molecule has 8 heteroatoms. The second-order valence-corrected chi connectivity index (χ2v) is 7.04. The molecule has 2 rings (SSSR count). The lowest BCUT2D eigenvalue weighted by molar-refractivity contribution is -0.134. The van der Waals surface area contributed by atoms with Gasteiger partial charge in [0.05, 0.1) is 12.1 Å². The Labute approximate surface area is 157 Å². The van der Waals surface area contributed by atoms with Crippen LogP contribution in [-0.4, -0.2) is 33.7 Å². The van der Waals surface area contributed by atoms with Gasteiger partial charge in [0.15, 0.2) is 5.60 Å². The Balaban J connectivity index is 1.96. The third kappa shape index (κ3) is 5.49. The molecule has 7 nitrogen and oxygen atoms in total. The summed E-state index contributed by atoms with van der Waals surface area (Å²) in [5, 5.41) is 7.32. The van der Waals surface area contributed by atoms with Crippen LogP contribution < -0.4 is 15.8 Å². The number of ether oxygens (including phenoxy) is 1. The van der Waals surface area contributed by atoms with Gasteiger partial charge in [-0.2, -0.15) is 5.10 Å². The van der Waals surface area contributed by atoms with Crippen molar-refractivity contribution in [2.45, 2.75) is 25.9 Å². The molecule has 1 aromatic carbocycles. The summed E-state index contributed by atoms with van der Waals surface area (Å²) in [6, 6.07) is 6.81. The molecule has 140 valence electrons. The molecule has 1 aromatic heterocycles. The SMILES string of the molecule is Cn1cc(CC(CNC(=O)C(C)(C)Oc2cccc(Cl)c2)C(N)=O)cn1. The minimum Gasteiger partial charge on any atom is -0.478 e. The number of nitrogens with two attached hydrogens (primary N) is 1. The molecular formula is C18H23ClN4O3. The first-order chi connectivity index (χ1) is 12.2. The fourth-order valence-electron chi connectivity index (χ4n) is 2.44. The smallest absolute Gasteiger partial charge is 0.263 e. The maximum Gasteiger partial charge on any atom is 0.263 e. The quantitative estimate of drug-likeness (QED) is 0.730. The van der Waals surface area contributed by atoms with Crippen molar-refractivity contribution in [3.63, 3.8) is 0 Å². The fourth-order valence-corrected chi connectivity index (χ4v) is 2.62. The molecule has 2 aromatic rings. The number of aromatic nitrogens is 2. The third-order valence-corrected chi connectivity index (χ3v) is 4.10. The van der Waals surface area contributed by atoms with Crippen molar-refractivity contribution < 1.29 is 14.3 Å². The molecule has 1 unspecified atom stereocenters. The van der Waals surface area contributed by atoms with Crippen LogP contribution in [0.25, 0.3) is 0 Å². The van der Waals surface area contributed by atoms with Crippen LogP contribution in [0.4, 0.5) is 0 Å². The summed E-state index contributed by atoms with van der Waals surface area (Å²) in [7, 11) is 1.79. The number of halogens is 1. The van der Waals surface area contributed by atoms with Crippen LogP contribution in [0, 0.1) is 5.92 Å². The molecule has 3 N–H and O–H groups in total. The van der Waals surface area contributed by atoms with Gasteiger partial charge in [0, 0.05) is 24.8 Å². The van der Waals surface area contributed by atoms with E-state index < -0.39 is 17.4 Å². The molecule has 0 aliphatic rings. The lowest BCUT2D eigenvalue weighted by atomic mass is 10.00. The predicted octanol–water partition coefficient (Wildman–Crippen LogP) is 1.69. The van der Waals surface area contributed by atoms with E-state index in [0.29, 0.717) is 17.2 Å². The number of amides is 2. The van der Waals surface area contributed by atoms with Crippen LogP contribution in [0.2, 0.25) is 5.02 Å². The van der Waals surface area contributed by atoms with E-state index in [0.717, 1.165) is 5.56 Å². The van der Waals surface area contributed by atoms with E-state index in [1.54, 1.807) is 56.0 Å². The molecule has 0 fully saturated rings. The summed E-state index contributed by atoms with van der Waals surface area (Å²) in [6.45, 7) is 3.40. The average molecular weight is 379 g/mol. The summed E-state index contributed by atoms with van der Waals surface area (Å²) in [6.07, 6.45) is 3.88. The molecular weight excluding hydrogens is 356 g/mol. The topological polar surface area (TPSA) is 99.2 Å². The van der Waals surface area contributed by atoms with Gasteiger partial charge in [-0.25, -0.2) is 0 Å². The Morgan fingerprint density at radius 3 is 2.73 bits per heavy atom. The third-order valence-electron chi connectivity index (χ3n) is 3.87. The number of hydrogen-bond donors (Lipinski definition) is 2. The predicted molar refractivity (Wildman–Crippen MR) is 98.8 cm³/mol. The number of carbonyl (C=O) groups excluding carboxylic acids is 2. The van der Waals surface area contributed by atoms with E-state index in [4.69, 9.17) is 22.1 Å². The van der Waals surface area contributed by atoms with E-state index in [-0.39, 0.29) is 12.5 Å². The lowest BCUT2D eigenvalue weighted by Crippen LogP contribution is -2.49. The van der Waals surface area contributed by atoms with Gasteiger partial charge in [-0.1, -0.05) is 17.7 Å². The lowest BCUT2D eigenvalue weighted by Gasteiger charge is -2.26. The zero-order valence-electron chi connectivity index (χ0n) is 15.0. The summed E-state index contributed by atoms with van der Waals surface area (Å²) in [5.41, 5.74) is 5.20. The van der Waals surface area contributed by atoms with Gasteiger partial charge in [-0.15, -0.1) is 0 Å². The fraction of sp³-hybridized carbons (Fsp3) is 0.389. The number of hydrogen-bond acceptors (Lipinski definition) is 4. The number of aryl methyl sites for hydroxylation is 1. The largest absolute Gasteiger partial charge is 0.478 e. The molecule has 0 radical (unpaired) electrons. The van der Waals surface area contributed by atoms with Gasteiger partial charge in [0.1, 0.15) is 5.75 Å². The number of nitrogens with one attached hydrogen (secondary N) is 1. The average Bonchev–Trinajstić information content (AvgIpc) is 2.95. The van der Waals surface area contributed by atoms with E-state index in [1.807, 2.05) is 6.20 Å². The highest BCUT2D eigenvalue weighted by Crippen LogP contribution is 2.22. The van der Waals surface area contributed by atoms with Gasteiger partial charge in [-0.05, 0) is 44.0 Å². The van der Waals surface area contributed by atoms with Crippen LogP contribution in [0.15, 0.2) is 36.7 Å². The first-order valence-electron chi connectivity index (χ1n) is 8.17. The van der Waals surface area contributed by atoms with Crippen molar-refractivity contribution in [2.24, 2.45) is 18.7 Å². The van der Waals surface area contributed by atoms with Crippen LogP contribution in [0.5, 0.6) is 5.75 Å². The molecule has 2 amide bonds. The Morgan fingerprint density at radius 1 is 1.42 bits per heavy atom. The summed E-state index contributed by atoms with van der Waals surface area (Å²) in [4.78, 5) is 24.2. The number of carbonyl (C=O) groups is 2. The highest BCUT2D eigenvalue weighted by Gasteiger charge is 2.31. The Morgan fingerprint density at radius 2 is 2.15 bits per heavy atom. The maximum absolute atomic E-state index is 12.5. The number of benzene rings is 1. The van der Waals surface area contributed by atoms with E-state index >= 15 is 0 Å². The van der Waals surface area contributed by atoms with Crippen molar-refractivity contribution in [3.05, 3.63) is 47.2 Å². The zero-order valence-corrected chi connectivity index (χ0v) is 15.8. The molecule has 0 bridgehead atoms. The van der Waals surface area contributed by atoms with Crippen molar-refractivity contribution >= 4 is 23.4 Å². The van der Waals surface area contributed by atoms with Crippen LogP contribution >= 0.6 is 11.6 Å². The molecule has 0 aliphatic carbocycles.